The van der Waals surface area contributed by atoms with E-state index in [2.05, 4.69) is 11.9 Å². The number of ether oxygens (including phenoxy) is 3. The van der Waals surface area contributed by atoms with E-state index in [1.54, 1.807) is 31.2 Å². The number of nitrogens with one attached hydrogen (secondary N) is 1. The molecular weight excluding hydrogens is 406 g/mol. The van der Waals surface area contributed by atoms with Crippen LogP contribution >= 0.6 is 11.3 Å². The zero-order chi connectivity index (χ0) is 21.7. The Kier molecular flexibility index (Phi) is 6.89. The monoisotopic (exact) mass is 429 g/mol. The Bertz CT molecular complexity index is 980. The number of carbonyl (C=O) groups excluding carboxylic acids is 3. The molecule has 0 bridgehead atoms. The van der Waals surface area contributed by atoms with E-state index < -0.39 is 24.1 Å². The maximum absolute atomic E-state index is 12.8. The highest BCUT2D eigenvalue weighted by atomic mass is 32.1. The van der Waals surface area contributed by atoms with Gasteiger partial charge in [-0.3, -0.25) is 0 Å². The Labute approximate surface area is 178 Å². The highest BCUT2D eigenvalue weighted by Gasteiger charge is 2.34. The summed E-state index contributed by atoms with van der Waals surface area (Å²) in [5.41, 5.74) is 1.81. The number of hydrogen-bond donors (Lipinski definition) is 1. The van der Waals surface area contributed by atoms with Crippen molar-refractivity contribution in [2.45, 2.75) is 32.9 Å². The molecule has 0 amide bonds. The summed E-state index contributed by atoms with van der Waals surface area (Å²) >= 11 is 1.06. The first-order valence-corrected chi connectivity index (χ1v) is 10.4. The lowest BCUT2D eigenvalue weighted by atomic mass is 10.1. The van der Waals surface area contributed by atoms with Gasteiger partial charge in [0.15, 0.2) is 0 Å². The van der Waals surface area contributed by atoms with Gasteiger partial charge in [0.2, 0.25) is 6.23 Å². The van der Waals surface area contributed by atoms with E-state index in [0.717, 1.165) is 24.2 Å². The average molecular weight is 429 g/mol. The molecule has 0 saturated heterocycles. The van der Waals surface area contributed by atoms with E-state index in [4.69, 9.17) is 14.2 Å². The molecule has 0 aliphatic carbocycles. The van der Waals surface area contributed by atoms with Gasteiger partial charge >= 0.3 is 17.9 Å². The summed E-state index contributed by atoms with van der Waals surface area (Å²) < 4.78 is 15.9. The fourth-order valence-electron chi connectivity index (χ4n) is 3.01. The molecule has 1 N–H and O–H groups in total. The maximum Gasteiger partial charge on any atom is 0.348 e. The van der Waals surface area contributed by atoms with Crippen LogP contribution in [0, 0.1) is 6.92 Å². The molecular formula is C22H23NO6S. The lowest BCUT2D eigenvalue weighted by Crippen LogP contribution is -2.14. The van der Waals surface area contributed by atoms with Crippen LogP contribution in [0.3, 0.4) is 0 Å². The number of anilines is 1. The Morgan fingerprint density at radius 2 is 2.03 bits per heavy atom. The maximum atomic E-state index is 12.8. The second-order valence-corrected chi connectivity index (χ2v) is 7.67. The molecule has 1 aliphatic heterocycles. The van der Waals surface area contributed by atoms with Crippen molar-refractivity contribution in [2.24, 2.45) is 0 Å². The number of thiophene rings is 1. The number of carbonyl (C=O) groups is 3. The SMILES string of the molecule is C=CCOC(=O)c1sc(N[C@@H]2OC(=O)c3ccccc32)c(C(=O)OCCCC)c1C. The zero-order valence-electron chi connectivity index (χ0n) is 16.9. The van der Waals surface area contributed by atoms with E-state index in [1.165, 1.54) is 6.08 Å². The number of unbranched alkanes of at least 4 members (excludes halogenated alkanes) is 1. The molecule has 1 aliphatic rings. The van der Waals surface area contributed by atoms with Crippen LogP contribution in [0.15, 0.2) is 36.9 Å². The number of rotatable bonds is 9. The molecule has 7 nitrogen and oxygen atoms in total. The molecule has 30 heavy (non-hydrogen) atoms. The molecule has 0 radical (unpaired) electrons. The van der Waals surface area contributed by atoms with E-state index in [-0.39, 0.29) is 23.7 Å². The predicted octanol–water partition coefficient (Wildman–Crippen LogP) is 4.64. The van der Waals surface area contributed by atoms with Crippen LogP contribution in [0.25, 0.3) is 0 Å². The smallest absolute Gasteiger partial charge is 0.348 e. The third-order valence-electron chi connectivity index (χ3n) is 4.55. The molecule has 0 spiro atoms. The molecule has 8 heteroatoms. The summed E-state index contributed by atoms with van der Waals surface area (Å²) in [5, 5.41) is 3.47. The minimum absolute atomic E-state index is 0.0584. The highest BCUT2D eigenvalue weighted by Crippen LogP contribution is 2.39. The molecule has 0 saturated carbocycles. The Morgan fingerprint density at radius 3 is 2.77 bits per heavy atom. The van der Waals surface area contributed by atoms with Crippen LogP contribution in [0.4, 0.5) is 5.00 Å². The van der Waals surface area contributed by atoms with Gasteiger partial charge in [-0.15, -0.1) is 11.3 Å². The Hall–Kier alpha value is -3.13. The molecule has 0 unspecified atom stereocenters. The van der Waals surface area contributed by atoms with Gasteiger partial charge in [-0.05, 0) is 25.0 Å². The first kappa shape index (κ1) is 21.6. The summed E-state index contributed by atoms with van der Waals surface area (Å²) in [6.45, 7) is 7.53. The first-order chi connectivity index (χ1) is 14.5. The van der Waals surface area contributed by atoms with Crippen molar-refractivity contribution in [3.63, 3.8) is 0 Å². The van der Waals surface area contributed by atoms with Gasteiger partial charge < -0.3 is 19.5 Å². The number of fused-ring (bicyclic) bond motifs is 1. The lowest BCUT2D eigenvalue weighted by Gasteiger charge is -2.14. The molecule has 1 aromatic heterocycles. The predicted molar refractivity (Wildman–Crippen MR) is 113 cm³/mol. The topological polar surface area (TPSA) is 90.9 Å². The number of hydrogen-bond acceptors (Lipinski definition) is 8. The third-order valence-corrected chi connectivity index (χ3v) is 5.75. The molecule has 2 aromatic rings. The lowest BCUT2D eigenvalue weighted by molar-refractivity contribution is 0.0436. The number of benzene rings is 1. The standard InChI is InChI=1S/C22H23NO6S/c1-4-6-12-28-21(25)16-13(3)17(22(26)27-11-5-2)30-19(16)23-18-14-9-7-8-10-15(14)20(24)29-18/h5,7-10,18,23H,2,4,6,11-12H2,1,3H3/t18-/m1/s1. The first-order valence-electron chi connectivity index (χ1n) is 9.62. The van der Waals surface area contributed by atoms with Crippen LogP contribution in [0.1, 0.15) is 67.5 Å². The summed E-state index contributed by atoms with van der Waals surface area (Å²) in [7, 11) is 0. The van der Waals surface area contributed by atoms with Crippen molar-refractivity contribution in [3.05, 3.63) is 64.1 Å². The molecule has 0 fully saturated rings. The number of esters is 3. The number of cyclic esters (lactones) is 1. The molecule has 1 atom stereocenters. The normalized spacial score (nSPS) is 14.6. The minimum Gasteiger partial charge on any atom is -0.462 e. The van der Waals surface area contributed by atoms with Crippen molar-refractivity contribution in [2.75, 3.05) is 18.5 Å². The van der Waals surface area contributed by atoms with Gasteiger partial charge in [0.1, 0.15) is 16.5 Å². The van der Waals surface area contributed by atoms with Crippen LogP contribution in [-0.4, -0.2) is 31.1 Å². The van der Waals surface area contributed by atoms with Crippen molar-refractivity contribution in [1.29, 1.82) is 0 Å². The van der Waals surface area contributed by atoms with Gasteiger partial charge in [-0.2, -0.15) is 0 Å². The van der Waals surface area contributed by atoms with E-state index in [0.29, 0.717) is 21.7 Å². The van der Waals surface area contributed by atoms with Gasteiger partial charge in [-0.25, -0.2) is 14.4 Å². The van der Waals surface area contributed by atoms with Gasteiger partial charge in [-0.1, -0.05) is 44.2 Å². The Morgan fingerprint density at radius 1 is 1.27 bits per heavy atom. The highest BCUT2D eigenvalue weighted by molar-refractivity contribution is 7.18. The quantitative estimate of drug-likeness (QED) is 0.269. The van der Waals surface area contributed by atoms with Gasteiger partial charge in [0, 0.05) is 5.56 Å². The van der Waals surface area contributed by atoms with E-state index in [1.807, 2.05) is 6.92 Å². The van der Waals surface area contributed by atoms with E-state index >= 15 is 0 Å². The van der Waals surface area contributed by atoms with Crippen LogP contribution in [-0.2, 0) is 14.2 Å². The fraction of sp³-hybridized carbons (Fsp3) is 0.318. The van der Waals surface area contributed by atoms with Gasteiger partial charge in [0.25, 0.3) is 0 Å². The van der Waals surface area contributed by atoms with Gasteiger partial charge in [0.05, 0.1) is 17.7 Å². The molecule has 158 valence electrons. The van der Waals surface area contributed by atoms with Crippen molar-refractivity contribution < 1.29 is 28.6 Å². The minimum atomic E-state index is -0.772. The van der Waals surface area contributed by atoms with Crippen molar-refractivity contribution in [1.82, 2.24) is 0 Å². The zero-order valence-corrected chi connectivity index (χ0v) is 17.7. The largest absolute Gasteiger partial charge is 0.462 e. The fourth-order valence-corrected chi connectivity index (χ4v) is 4.11. The van der Waals surface area contributed by atoms with E-state index in [9.17, 15) is 14.4 Å². The Balaban J connectivity index is 1.93. The van der Waals surface area contributed by atoms with Crippen LogP contribution in [0.2, 0.25) is 0 Å². The molecule has 2 heterocycles. The summed E-state index contributed by atoms with van der Waals surface area (Å²) in [5.74, 6) is -1.55. The van der Waals surface area contributed by atoms with Crippen molar-refractivity contribution in [3.8, 4) is 0 Å². The summed E-state index contributed by atoms with van der Waals surface area (Å²) in [4.78, 5) is 37.6. The van der Waals surface area contributed by atoms with Crippen LogP contribution < -0.4 is 5.32 Å². The van der Waals surface area contributed by atoms with Crippen molar-refractivity contribution >= 4 is 34.2 Å². The second kappa shape index (κ2) is 9.58. The molecule has 3 rings (SSSR count). The van der Waals surface area contributed by atoms with Crippen LogP contribution in [0.5, 0.6) is 0 Å². The average Bonchev–Trinajstić information content (AvgIpc) is 3.23. The third kappa shape index (κ3) is 4.38. The molecule has 1 aromatic carbocycles. The summed E-state index contributed by atoms with van der Waals surface area (Å²) in [6.07, 6.45) is 2.31. The second-order valence-electron chi connectivity index (χ2n) is 6.65. The summed E-state index contributed by atoms with van der Waals surface area (Å²) in [6, 6.07) is 7.00.